The van der Waals surface area contributed by atoms with E-state index in [1.54, 1.807) is 7.11 Å². The molecule has 1 aliphatic rings. The van der Waals surface area contributed by atoms with Crippen LogP contribution < -0.4 is 0 Å². The number of rotatable bonds is 2. The van der Waals surface area contributed by atoms with Crippen molar-refractivity contribution in [3.63, 3.8) is 0 Å². The van der Waals surface area contributed by atoms with Crippen molar-refractivity contribution >= 4 is 0 Å². The van der Waals surface area contributed by atoms with Crippen molar-refractivity contribution < 1.29 is 4.74 Å². The Hall–Kier alpha value is -2.04. The smallest absolute Gasteiger partial charge is 0.0929 e. The van der Waals surface area contributed by atoms with Crippen molar-refractivity contribution in [2.75, 3.05) is 7.11 Å². The number of benzene rings is 2. The second-order valence-electron chi connectivity index (χ2n) is 5.29. The van der Waals surface area contributed by atoms with Crippen LogP contribution in [0.15, 0.2) is 42.5 Å². The number of methoxy groups -OCH3 is 1. The SMILES string of the molecule is COC1(c2ccc(C#Cc3cc[c]c(C)c3)cc2)CC1. The van der Waals surface area contributed by atoms with E-state index in [2.05, 4.69) is 42.2 Å². The molecule has 99 valence electrons. The summed E-state index contributed by atoms with van der Waals surface area (Å²) in [5.74, 6) is 6.39. The first kappa shape index (κ1) is 13.0. The summed E-state index contributed by atoms with van der Waals surface area (Å²) in [6.45, 7) is 2.03. The predicted octanol–water partition coefficient (Wildman–Crippen LogP) is 3.83. The van der Waals surface area contributed by atoms with E-state index >= 15 is 0 Å². The van der Waals surface area contributed by atoms with Crippen molar-refractivity contribution in [3.05, 3.63) is 70.8 Å². The van der Waals surface area contributed by atoms with Crippen LogP contribution >= 0.6 is 0 Å². The molecule has 1 nitrogen and oxygen atoms in total. The summed E-state index contributed by atoms with van der Waals surface area (Å²) in [5, 5.41) is 0. The van der Waals surface area contributed by atoms with Crippen molar-refractivity contribution in [2.45, 2.75) is 25.4 Å². The highest BCUT2D eigenvalue weighted by atomic mass is 16.5. The van der Waals surface area contributed by atoms with Crippen LogP contribution in [0.2, 0.25) is 0 Å². The first-order valence-electron chi connectivity index (χ1n) is 6.88. The van der Waals surface area contributed by atoms with Gasteiger partial charge in [0, 0.05) is 18.2 Å². The van der Waals surface area contributed by atoms with Crippen LogP contribution in [0.1, 0.15) is 35.1 Å². The second kappa shape index (κ2) is 5.15. The molecule has 1 radical (unpaired) electrons. The summed E-state index contributed by atoms with van der Waals surface area (Å²) in [4.78, 5) is 0. The van der Waals surface area contributed by atoms with Crippen molar-refractivity contribution in [1.29, 1.82) is 0 Å². The van der Waals surface area contributed by atoms with Gasteiger partial charge >= 0.3 is 0 Å². The third-order valence-electron chi connectivity index (χ3n) is 3.80. The predicted molar refractivity (Wildman–Crippen MR) is 80.4 cm³/mol. The van der Waals surface area contributed by atoms with E-state index in [-0.39, 0.29) is 5.60 Å². The number of hydrogen-bond acceptors (Lipinski definition) is 1. The highest BCUT2D eigenvalue weighted by Gasteiger charge is 2.44. The standard InChI is InChI=1S/C19H17O/c1-15-4-3-5-17(14-15)7-6-16-8-10-18(11-9-16)19(20-2)12-13-19/h3,5,8-11,14H,12-13H2,1-2H3. The molecule has 0 amide bonds. The van der Waals surface area contributed by atoms with Gasteiger partial charge in [-0.15, -0.1) is 0 Å². The lowest BCUT2D eigenvalue weighted by molar-refractivity contribution is 0.0789. The molecule has 0 saturated heterocycles. The molecule has 1 fully saturated rings. The van der Waals surface area contributed by atoms with E-state index < -0.39 is 0 Å². The Morgan fingerprint density at radius 2 is 1.75 bits per heavy atom. The van der Waals surface area contributed by atoms with Gasteiger partial charge in [-0.25, -0.2) is 0 Å². The molecule has 0 bridgehead atoms. The molecule has 0 N–H and O–H groups in total. The van der Waals surface area contributed by atoms with Crippen LogP contribution in [-0.2, 0) is 10.3 Å². The van der Waals surface area contributed by atoms with Gasteiger partial charge in [-0.3, -0.25) is 0 Å². The zero-order chi connectivity index (χ0) is 14.0. The van der Waals surface area contributed by atoms with E-state index in [1.165, 1.54) is 5.56 Å². The molecule has 0 aromatic heterocycles. The molecular weight excluding hydrogens is 244 g/mol. The average Bonchev–Trinajstić information content (AvgIpc) is 3.27. The highest BCUT2D eigenvalue weighted by Crippen LogP contribution is 2.48. The minimum absolute atomic E-state index is 0.0155. The molecule has 0 atom stereocenters. The Kier molecular flexibility index (Phi) is 3.34. The lowest BCUT2D eigenvalue weighted by Crippen LogP contribution is -2.08. The maximum absolute atomic E-state index is 5.58. The largest absolute Gasteiger partial charge is 0.374 e. The molecule has 1 aliphatic carbocycles. The number of hydrogen-bond donors (Lipinski definition) is 0. The monoisotopic (exact) mass is 261 g/mol. The summed E-state index contributed by atoms with van der Waals surface area (Å²) in [6.07, 6.45) is 2.24. The maximum Gasteiger partial charge on any atom is 0.0929 e. The zero-order valence-corrected chi connectivity index (χ0v) is 11.9. The fourth-order valence-corrected chi connectivity index (χ4v) is 2.39. The highest BCUT2D eigenvalue weighted by molar-refractivity contribution is 5.45. The third-order valence-corrected chi connectivity index (χ3v) is 3.80. The Labute approximate surface area is 120 Å². The van der Waals surface area contributed by atoms with E-state index in [9.17, 15) is 0 Å². The average molecular weight is 261 g/mol. The van der Waals surface area contributed by atoms with Gasteiger partial charge in [-0.2, -0.15) is 0 Å². The van der Waals surface area contributed by atoms with E-state index in [0.717, 1.165) is 29.5 Å². The van der Waals surface area contributed by atoms with Gasteiger partial charge in [-0.1, -0.05) is 30.0 Å². The van der Waals surface area contributed by atoms with Crippen molar-refractivity contribution in [1.82, 2.24) is 0 Å². The molecule has 1 heteroatoms. The molecule has 1 saturated carbocycles. The van der Waals surface area contributed by atoms with E-state index in [1.807, 2.05) is 25.1 Å². The Bertz CT molecular complexity index is 667. The van der Waals surface area contributed by atoms with Crippen LogP contribution in [0.5, 0.6) is 0 Å². The second-order valence-corrected chi connectivity index (χ2v) is 5.29. The van der Waals surface area contributed by atoms with Gasteiger partial charge in [0.1, 0.15) is 0 Å². The fourth-order valence-electron chi connectivity index (χ4n) is 2.39. The Morgan fingerprint density at radius 1 is 1.05 bits per heavy atom. The normalized spacial score (nSPS) is 15.3. The molecule has 2 aromatic carbocycles. The first-order chi connectivity index (χ1) is 9.72. The summed E-state index contributed by atoms with van der Waals surface area (Å²) < 4.78 is 5.58. The molecule has 0 aliphatic heterocycles. The Morgan fingerprint density at radius 3 is 2.35 bits per heavy atom. The van der Waals surface area contributed by atoms with Crippen LogP contribution in [0.3, 0.4) is 0 Å². The lowest BCUT2D eigenvalue weighted by Gasteiger charge is -2.13. The number of aryl methyl sites for hydroxylation is 1. The number of ether oxygens (including phenoxy) is 1. The quantitative estimate of drug-likeness (QED) is 0.747. The van der Waals surface area contributed by atoms with Gasteiger partial charge in [0.05, 0.1) is 5.60 Å². The molecular formula is C19H17O. The van der Waals surface area contributed by atoms with Gasteiger partial charge in [-0.05, 0) is 61.2 Å². The molecule has 0 spiro atoms. The van der Waals surface area contributed by atoms with Crippen molar-refractivity contribution in [2.24, 2.45) is 0 Å². The Balaban J connectivity index is 1.79. The molecule has 0 unspecified atom stereocenters. The van der Waals surface area contributed by atoms with E-state index in [4.69, 9.17) is 4.74 Å². The topological polar surface area (TPSA) is 9.23 Å². The third kappa shape index (κ3) is 2.61. The van der Waals surface area contributed by atoms with Gasteiger partial charge < -0.3 is 4.74 Å². The minimum atomic E-state index is -0.0155. The summed E-state index contributed by atoms with van der Waals surface area (Å²) >= 11 is 0. The summed E-state index contributed by atoms with van der Waals surface area (Å²) in [6, 6.07) is 17.5. The van der Waals surface area contributed by atoms with E-state index in [0.29, 0.717) is 0 Å². The van der Waals surface area contributed by atoms with Gasteiger partial charge in [0.15, 0.2) is 0 Å². The van der Waals surface area contributed by atoms with Crippen LogP contribution in [0, 0.1) is 24.8 Å². The fraction of sp³-hybridized carbons (Fsp3) is 0.263. The molecule has 2 aromatic rings. The lowest BCUT2D eigenvalue weighted by atomic mass is 10.1. The summed E-state index contributed by atoms with van der Waals surface area (Å²) in [5.41, 5.74) is 4.42. The zero-order valence-electron chi connectivity index (χ0n) is 11.9. The molecule has 0 heterocycles. The van der Waals surface area contributed by atoms with Gasteiger partial charge in [0.2, 0.25) is 0 Å². The summed E-state index contributed by atoms with van der Waals surface area (Å²) in [7, 11) is 1.79. The molecule has 3 rings (SSSR count). The van der Waals surface area contributed by atoms with Crippen LogP contribution in [0.25, 0.3) is 0 Å². The van der Waals surface area contributed by atoms with Gasteiger partial charge in [0.25, 0.3) is 0 Å². The van der Waals surface area contributed by atoms with Crippen LogP contribution in [0.4, 0.5) is 0 Å². The molecule has 20 heavy (non-hydrogen) atoms. The minimum Gasteiger partial charge on any atom is -0.374 e. The van der Waals surface area contributed by atoms with Crippen LogP contribution in [-0.4, -0.2) is 7.11 Å². The van der Waals surface area contributed by atoms with Crippen molar-refractivity contribution in [3.8, 4) is 11.8 Å². The first-order valence-corrected chi connectivity index (χ1v) is 6.88. The maximum atomic E-state index is 5.58.